The monoisotopic (exact) mass is 356 g/mol. The van der Waals surface area contributed by atoms with E-state index >= 15 is 0 Å². The SMILES string of the molecule is CCOc1cc(CNC2CC(C)(C)NC(C)(C)C2)ccc1OC(F)F. The zero-order chi connectivity index (χ0) is 18.7. The summed E-state index contributed by atoms with van der Waals surface area (Å²) in [4.78, 5) is 0. The van der Waals surface area contributed by atoms with Gasteiger partial charge in [0.2, 0.25) is 0 Å². The molecule has 0 unspecified atom stereocenters. The number of benzene rings is 1. The van der Waals surface area contributed by atoms with E-state index in [4.69, 9.17) is 4.74 Å². The molecule has 0 radical (unpaired) electrons. The summed E-state index contributed by atoms with van der Waals surface area (Å²) in [6, 6.07) is 5.50. The summed E-state index contributed by atoms with van der Waals surface area (Å²) < 4.78 is 34.9. The van der Waals surface area contributed by atoms with Crippen molar-refractivity contribution in [3.8, 4) is 11.5 Å². The Morgan fingerprint density at radius 2 is 1.80 bits per heavy atom. The number of piperidine rings is 1. The van der Waals surface area contributed by atoms with Crippen LogP contribution in [0.2, 0.25) is 0 Å². The lowest BCUT2D eigenvalue weighted by molar-refractivity contribution is -0.0514. The number of nitrogens with one attached hydrogen (secondary N) is 2. The molecule has 6 heteroatoms. The van der Waals surface area contributed by atoms with Crippen LogP contribution in [0.5, 0.6) is 11.5 Å². The van der Waals surface area contributed by atoms with Crippen molar-refractivity contribution in [1.82, 2.24) is 10.6 Å². The van der Waals surface area contributed by atoms with Crippen LogP contribution in [-0.2, 0) is 6.54 Å². The first kappa shape index (κ1) is 19.9. The van der Waals surface area contributed by atoms with Crippen molar-refractivity contribution in [1.29, 1.82) is 0 Å². The van der Waals surface area contributed by atoms with Crippen LogP contribution in [-0.4, -0.2) is 30.3 Å². The Bertz CT molecular complexity index is 561. The quantitative estimate of drug-likeness (QED) is 0.772. The van der Waals surface area contributed by atoms with Crippen LogP contribution in [0.3, 0.4) is 0 Å². The summed E-state index contributed by atoms with van der Waals surface area (Å²) in [6.07, 6.45) is 2.06. The predicted molar refractivity (Wildman–Crippen MR) is 95.4 cm³/mol. The molecule has 1 heterocycles. The van der Waals surface area contributed by atoms with Gasteiger partial charge in [-0.15, -0.1) is 0 Å². The second kappa shape index (κ2) is 7.87. The molecule has 0 amide bonds. The number of alkyl halides is 2. The summed E-state index contributed by atoms with van der Waals surface area (Å²) in [5.74, 6) is 0.429. The van der Waals surface area contributed by atoms with Gasteiger partial charge in [0.25, 0.3) is 0 Å². The van der Waals surface area contributed by atoms with Gasteiger partial charge in [0.05, 0.1) is 6.61 Å². The molecule has 0 saturated carbocycles. The van der Waals surface area contributed by atoms with Gasteiger partial charge in [-0.3, -0.25) is 0 Å². The number of ether oxygens (including phenoxy) is 2. The molecule has 2 rings (SSSR count). The van der Waals surface area contributed by atoms with Crippen molar-refractivity contribution in [2.75, 3.05) is 6.61 Å². The van der Waals surface area contributed by atoms with Gasteiger partial charge < -0.3 is 20.1 Å². The van der Waals surface area contributed by atoms with Gasteiger partial charge in [-0.1, -0.05) is 6.07 Å². The van der Waals surface area contributed by atoms with Crippen LogP contribution in [0.25, 0.3) is 0 Å². The topological polar surface area (TPSA) is 42.5 Å². The minimum atomic E-state index is -2.86. The average molecular weight is 356 g/mol. The zero-order valence-corrected chi connectivity index (χ0v) is 15.8. The Morgan fingerprint density at radius 3 is 2.36 bits per heavy atom. The highest BCUT2D eigenvalue weighted by atomic mass is 19.3. The molecule has 1 aromatic carbocycles. The van der Waals surface area contributed by atoms with Gasteiger partial charge in [0.1, 0.15) is 0 Å². The third-order valence-corrected chi connectivity index (χ3v) is 4.31. The average Bonchev–Trinajstić information content (AvgIpc) is 2.44. The molecule has 1 fully saturated rings. The second-order valence-corrected chi connectivity index (χ2v) is 7.97. The first-order chi connectivity index (χ1) is 11.6. The molecule has 0 aliphatic carbocycles. The minimum absolute atomic E-state index is 0.0738. The fourth-order valence-electron chi connectivity index (χ4n) is 3.85. The van der Waals surface area contributed by atoms with Crippen LogP contribution in [0, 0.1) is 0 Å². The summed E-state index contributed by atoms with van der Waals surface area (Å²) in [5, 5.41) is 7.26. The normalized spacial score (nSPS) is 19.8. The van der Waals surface area contributed by atoms with E-state index in [1.807, 2.05) is 6.92 Å². The van der Waals surface area contributed by atoms with Gasteiger partial charge in [-0.05, 0) is 65.2 Å². The molecule has 1 aliphatic rings. The second-order valence-electron chi connectivity index (χ2n) is 7.97. The third-order valence-electron chi connectivity index (χ3n) is 4.31. The largest absolute Gasteiger partial charge is 0.490 e. The van der Waals surface area contributed by atoms with Crippen LogP contribution in [0.1, 0.15) is 53.0 Å². The maximum absolute atomic E-state index is 12.5. The molecule has 2 N–H and O–H groups in total. The molecule has 0 aromatic heterocycles. The summed E-state index contributed by atoms with van der Waals surface area (Å²) in [5.41, 5.74) is 1.13. The summed E-state index contributed by atoms with van der Waals surface area (Å²) >= 11 is 0. The van der Waals surface area contributed by atoms with Crippen molar-refractivity contribution in [3.63, 3.8) is 0 Å². The van der Waals surface area contributed by atoms with Crippen molar-refractivity contribution in [3.05, 3.63) is 23.8 Å². The van der Waals surface area contributed by atoms with E-state index in [9.17, 15) is 8.78 Å². The van der Waals surface area contributed by atoms with Crippen molar-refractivity contribution in [2.24, 2.45) is 0 Å². The number of halogens is 2. The molecule has 25 heavy (non-hydrogen) atoms. The molecule has 1 aromatic rings. The summed E-state index contributed by atoms with van der Waals surface area (Å²) in [6.45, 7) is 8.87. The van der Waals surface area contributed by atoms with E-state index in [1.54, 1.807) is 18.2 Å². The van der Waals surface area contributed by atoms with E-state index in [0.29, 0.717) is 24.9 Å². The van der Waals surface area contributed by atoms with Crippen LogP contribution in [0.15, 0.2) is 18.2 Å². The predicted octanol–water partition coefficient (Wildman–Crippen LogP) is 4.09. The highest BCUT2D eigenvalue weighted by Gasteiger charge is 2.37. The molecule has 0 atom stereocenters. The van der Waals surface area contributed by atoms with E-state index in [2.05, 4.69) is 43.1 Å². The molecule has 1 saturated heterocycles. The van der Waals surface area contributed by atoms with Gasteiger partial charge >= 0.3 is 6.61 Å². The van der Waals surface area contributed by atoms with Crippen LogP contribution < -0.4 is 20.1 Å². The van der Waals surface area contributed by atoms with Gasteiger partial charge in [-0.2, -0.15) is 8.78 Å². The Morgan fingerprint density at radius 1 is 1.16 bits per heavy atom. The van der Waals surface area contributed by atoms with E-state index in [0.717, 1.165) is 18.4 Å². The van der Waals surface area contributed by atoms with Crippen molar-refractivity contribution in [2.45, 2.75) is 77.7 Å². The molecule has 0 spiro atoms. The first-order valence-corrected chi connectivity index (χ1v) is 8.83. The van der Waals surface area contributed by atoms with Crippen LogP contribution >= 0.6 is 0 Å². The minimum Gasteiger partial charge on any atom is -0.490 e. The Balaban J connectivity index is 2.03. The molecule has 142 valence electrons. The lowest BCUT2D eigenvalue weighted by Gasteiger charge is -2.46. The Hall–Kier alpha value is -1.40. The number of hydrogen-bond acceptors (Lipinski definition) is 4. The van der Waals surface area contributed by atoms with E-state index < -0.39 is 6.61 Å². The molecular weight excluding hydrogens is 326 g/mol. The fraction of sp³-hybridized carbons (Fsp3) is 0.684. The third kappa shape index (κ3) is 6.12. The Kier molecular flexibility index (Phi) is 6.27. The van der Waals surface area contributed by atoms with E-state index in [-0.39, 0.29) is 16.8 Å². The van der Waals surface area contributed by atoms with Crippen LogP contribution in [0.4, 0.5) is 8.78 Å². The van der Waals surface area contributed by atoms with Gasteiger partial charge in [0.15, 0.2) is 11.5 Å². The molecular formula is C19H30F2N2O2. The molecule has 1 aliphatic heterocycles. The highest BCUT2D eigenvalue weighted by molar-refractivity contribution is 5.43. The zero-order valence-electron chi connectivity index (χ0n) is 15.8. The Labute approximate surface area is 149 Å². The number of rotatable bonds is 7. The highest BCUT2D eigenvalue weighted by Crippen LogP contribution is 2.31. The maximum Gasteiger partial charge on any atom is 0.387 e. The van der Waals surface area contributed by atoms with Gasteiger partial charge in [-0.25, -0.2) is 0 Å². The molecule has 4 nitrogen and oxygen atoms in total. The summed E-state index contributed by atoms with van der Waals surface area (Å²) in [7, 11) is 0. The van der Waals surface area contributed by atoms with E-state index in [1.165, 1.54) is 0 Å². The lowest BCUT2D eigenvalue weighted by atomic mass is 9.79. The van der Waals surface area contributed by atoms with Crippen molar-refractivity contribution >= 4 is 0 Å². The maximum atomic E-state index is 12.5. The smallest absolute Gasteiger partial charge is 0.387 e. The number of hydrogen-bond donors (Lipinski definition) is 2. The van der Waals surface area contributed by atoms with Crippen molar-refractivity contribution < 1.29 is 18.3 Å². The standard InChI is InChI=1S/C19H30F2N2O2/c1-6-24-16-9-13(7-8-15(16)25-17(20)21)12-22-14-10-18(2,3)23-19(4,5)11-14/h7-9,14,17,22-23H,6,10-12H2,1-5H3. The first-order valence-electron chi connectivity index (χ1n) is 8.83. The lowest BCUT2D eigenvalue weighted by Crippen LogP contribution is -2.61. The van der Waals surface area contributed by atoms with Gasteiger partial charge in [0, 0.05) is 23.7 Å². The molecule has 0 bridgehead atoms. The fourth-order valence-corrected chi connectivity index (χ4v) is 3.85.